The van der Waals surface area contributed by atoms with Crippen LogP contribution in [0, 0.1) is 12.3 Å². The number of hydroxylamine groups is 2. The van der Waals surface area contributed by atoms with E-state index in [0.717, 1.165) is 11.5 Å². The minimum Gasteiger partial charge on any atom is -0.285 e. The van der Waals surface area contributed by atoms with Crippen LogP contribution in [0.15, 0.2) is 24.3 Å². The number of ketones is 1. The van der Waals surface area contributed by atoms with Crippen LogP contribution in [-0.2, 0) is 9.63 Å². The summed E-state index contributed by atoms with van der Waals surface area (Å²) in [5.74, 6) is 0.978. The van der Waals surface area contributed by atoms with E-state index < -0.39 is 11.8 Å². The van der Waals surface area contributed by atoms with Crippen LogP contribution in [0.5, 0.6) is 0 Å². The molecule has 0 spiro atoms. The summed E-state index contributed by atoms with van der Waals surface area (Å²) < 4.78 is 0. The van der Waals surface area contributed by atoms with Crippen molar-refractivity contribution in [3.63, 3.8) is 0 Å². The highest BCUT2D eigenvalue weighted by molar-refractivity contribution is 6.20. The van der Waals surface area contributed by atoms with Crippen molar-refractivity contribution in [1.29, 1.82) is 0 Å². The number of rotatable bonds is 7. The van der Waals surface area contributed by atoms with Crippen molar-refractivity contribution in [2.45, 2.75) is 25.7 Å². The van der Waals surface area contributed by atoms with Gasteiger partial charge in [0.05, 0.1) is 17.7 Å². The summed E-state index contributed by atoms with van der Waals surface area (Å²) in [5.41, 5.74) is 0.726. The molecule has 21 heavy (non-hydrogen) atoms. The van der Waals surface area contributed by atoms with Gasteiger partial charge in [0.1, 0.15) is 0 Å². The molecule has 2 rings (SSSR count). The SMILES string of the molecule is C#CC(=O)CCCCCON1C(=O)c2ccccc2C1=O. The number of unbranched alkanes of at least 4 members (excludes halogenated alkanes) is 2. The Hall–Kier alpha value is -2.45. The van der Waals surface area contributed by atoms with Gasteiger partial charge < -0.3 is 0 Å². The third kappa shape index (κ3) is 3.36. The van der Waals surface area contributed by atoms with Gasteiger partial charge >= 0.3 is 0 Å². The molecule has 0 fully saturated rings. The molecule has 0 radical (unpaired) electrons. The van der Waals surface area contributed by atoms with E-state index in [-0.39, 0.29) is 12.4 Å². The van der Waals surface area contributed by atoms with Gasteiger partial charge in [0.2, 0.25) is 5.78 Å². The molecule has 1 aliphatic heterocycles. The summed E-state index contributed by atoms with van der Waals surface area (Å²) in [7, 11) is 0. The number of Topliss-reactive ketones (excluding diaryl/α,β-unsaturated/α-hetero) is 1. The molecule has 0 N–H and O–H groups in total. The Morgan fingerprint density at radius 1 is 1.10 bits per heavy atom. The lowest BCUT2D eigenvalue weighted by atomic mass is 10.1. The molecular weight excluding hydrogens is 270 g/mol. The fourth-order valence-corrected chi connectivity index (χ4v) is 2.08. The number of carbonyl (C=O) groups excluding carboxylic acids is 3. The van der Waals surface area contributed by atoms with E-state index in [1.165, 1.54) is 0 Å². The summed E-state index contributed by atoms with van der Waals surface area (Å²) in [6, 6.07) is 6.61. The molecule has 5 heteroatoms. The van der Waals surface area contributed by atoms with E-state index in [4.69, 9.17) is 11.3 Å². The summed E-state index contributed by atoms with van der Waals surface area (Å²) in [4.78, 5) is 40.1. The number of hydrogen-bond acceptors (Lipinski definition) is 4. The van der Waals surface area contributed by atoms with Crippen molar-refractivity contribution < 1.29 is 19.2 Å². The molecule has 1 aromatic rings. The van der Waals surface area contributed by atoms with Crippen LogP contribution in [0.2, 0.25) is 0 Å². The topological polar surface area (TPSA) is 63.7 Å². The lowest BCUT2D eigenvalue weighted by Crippen LogP contribution is -2.30. The third-order valence-corrected chi connectivity index (χ3v) is 3.19. The summed E-state index contributed by atoms with van der Waals surface area (Å²) in [6.07, 6.45) is 7.38. The van der Waals surface area contributed by atoms with Crippen molar-refractivity contribution in [3.05, 3.63) is 35.4 Å². The van der Waals surface area contributed by atoms with Crippen LogP contribution >= 0.6 is 0 Å². The molecule has 0 atom stereocenters. The van der Waals surface area contributed by atoms with Crippen molar-refractivity contribution in [1.82, 2.24) is 5.06 Å². The number of imide groups is 1. The minimum atomic E-state index is -0.432. The van der Waals surface area contributed by atoms with Gasteiger partial charge in [-0.05, 0) is 30.9 Å². The number of terminal acetylenes is 1. The Labute approximate surface area is 122 Å². The highest BCUT2D eigenvalue weighted by atomic mass is 16.7. The van der Waals surface area contributed by atoms with Crippen molar-refractivity contribution >= 4 is 17.6 Å². The first-order chi connectivity index (χ1) is 10.1. The molecule has 1 heterocycles. The van der Waals surface area contributed by atoms with E-state index in [1.54, 1.807) is 24.3 Å². The highest BCUT2D eigenvalue weighted by Crippen LogP contribution is 2.22. The Balaban J connectivity index is 1.76. The quantitative estimate of drug-likeness (QED) is 0.332. The molecule has 0 bridgehead atoms. The van der Waals surface area contributed by atoms with Gasteiger partial charge in [0, 0.05) is 6.42 Å². The van der Waals surface area contributed by atoms with Crippen LogP contribution in [0.1, 0.15) is 46.4 Å². The molecule has 0 saturated heterocycles. The number of amides is 2. The van der Waals surface area contributed by atoms with Crippen molar-refractivity contribution in [2.75, 3.05) is 6.61 Å². The zero-order chi connectivity index (χ0) is 15.2. The van der Waals surface area contributed by atoms with E-state index in [9.17, 15) is 14.4 Å². The van der Waals surface area contributed by atoms with Crippen LogP contribution in [-0.4, -0.2) is 29.3 Å². The lowest BCUT2D eigenvalue weighted by molar-refractivity contribution is -0.114. The molecule has 0 aromatic heterocycles. The standard InChI is InChI=1S/C16H15NO4/c1-2-12(18)8-4-3-7-11-21-17-15(19)13-9-5-6-10-14(13)16(17)20/h1,5-6,9-10H,3-4,7-8,11H2. The third-order valence-electron chi connectivity index (χ3n) is 3.19. The lowest BCUT2D eigenvalue weighted by Gasteiger charge is -2.12. The fourth-order valence-electron chi connectivity index (χ4n) is 2.08. The molecule has 108 valence electrons. The van der Waals surface area contributed by atoms with Gasteiger partial charge in [0.25, 0.3) is 11.8 Å². The average molecular weight is 285 g/mol. The number of carbonyl (C=O) groups is 3. The zero-order valence-electron chi connectivity index (χ0n) is 11.5. The first-order valence-electron chi connectivity index (χ1n) is 6.75. The van der Waals surface area contributed by atoms with Gasteiger partial charge in [-0.25, -0.2) is 0 Å². The summed E-state index contributed by atoms with van der Waals surface area (Å²) in [5, 5.41) is 0.803. The molecule has 0 aliphatic carbocycles. The maximum absolute atomic E-state index is 12.0. The highest BCUT2D eigenvalue weighted by Gasteiger charge is 2.36. The van der Waals surface area contributed by atoms with Gasteiger partial charge in [-0.1, -0.05) is 18.6 Å². The molecule has 5 nitrogen and oxygen atoms in total. The fraction of sp³-hybridized carbons (Fsp3) is 0.312. The number of hydrogen-bond donors (Lipinski definition) is 0. The number of benzene rings is 1. The predicted octanol–water partition coefficient (Wildman–Crippen LogP) is 1.98. The summed E-state index contributed by atoms with van der Waals surface area (Å²) >= 11 is 0. The largest absolute Gasteiger partial charge is 0.285 e. The van der Waals surface area contributed by atoms with E-state index >= 15 is 0 Å². The Morgan fingerprint density at radius 2 is 1.71 bits per heavy atom. The Bertz CT molecular complexity index is 580. The van der Waals surface area contributed by atoms with Gasteiger partial charge in [0.15, 0.2) is 0 Å². The van der Waals surface area contributed by atoms with E-state index in [2.05, 4.69) is 5.92 Å². The maximum atomic E-state index is 12.0. The molecule has 0 unspecified atom stereocenters. The molecule has 0 saturated carbocycles. The van der Waals surface area contributed by atoms with Crippen LogP contribution in [0.3, 0.4) is 0 Å². The van der Waals surface area contributed by atoms with E-state index in [0.29, 0.717) is 30.4 Å². The maximum Gasteiger partial charge on any atom is 0.285 e. The monoisotopic (exact) mass is 285 g/mol. The predicted molar refractivity (Wildman–Crippen MR) is 75.2 cm³/mol. The smallest absolute Gasteiger partial charge is 0.285 e. The van der Waals surface area contributed by atoms with Crippen LogP contribution in [0.25, 0.3) is 0 Å². The average Bonchev–Trinajstić information content (AvgIpc) is 2.75. The van der Waals surface area contributed by atoms with Gasteiger partial charge in [-0.2, -0.15) is 0 Å². The zero-order valence-corrected chi connectivity index (χ0v) is 11.5. The van der Waals surface area contributed by atoms with Crippen molar-refractivity contribution in [2.24, 2.45) is 0 Å². The Kier molecular flexibility index (Phi) is 4.85. The van der Waals surface area contributed by atoms with Gasteiger partial charge in [-0.3, -0.25) is 19.2 Å². The van der Waals surface area contributed by atoms with Gasteiger partial charge in [-0.15, -0.1) is 11.5 Å². The number of fused-ring (bicyclic) bond motifs is 1. The van der Waals surface area contributed by atoms with Crippen molar-refractivity contribution in [3.8, 4) is 12.3 Å². The molecular formula is C16H15NO4. The second-order valence-corrected chi connectivity index (χ2v) is 4.66. The number of nitrogens with zero attached hydrogens (tertiary/aromatic N) is 1. The first kappa shape index (κ1) is 14.9. The second kappa shape index (κ2) is 6.82. The first-order valence-corrected chi connectivity index (χ1v) is 6.75. The normalized spacial score (nSPS) is 13.2. The van der Waals surface area contributed by atoms with Crippen LogP contribution < -0.4 is 0 Å². The Morgan fingerprint density at radius 3 is 2.29 bits per heavy atom. The summed E-state index contributed by atoms with van der Waals surface area (Å²) in [6.45, 7) is 0.246. The molecule has 2 amide bonds. The minimum absolute atomic E-state index is 0.212. The van der Waals surface area contributed by atoms with Crippen LogP contribution in [0.4, 0.5) is 0 Å². The molecule has 1 aromatic carbocycles. The van der Waals surface area contributed by atoms with E-state index in [1.807, 2.05) is 0 Å². The second-order valence-electron chi connectivity index (χ2n) is 4.66. The molecule has 1 aliphatic rings.